The summed E-state index contributed by atoms with van der Waals surface area (Å²) in [6, 6.07) is 24.4. The maximum atomic E-state index is 13.4. The van der Waals surface area contributed by atoms with Gasteiger partial charge in [0.2, 0.25) is 5.91 Å². The molecule has 0 spiro atoms. The van der Waals surface area contributed by atoms with Gasteiger partial charge in [-0.1, -0.05) is 60.1 Å². The van der Waals surface area contributed by atoms with Crippen molar-refractivity contribution in [2.75, 3.05) is 19.7 Å². The van der Waals surface area contributed by atoms with Gasteiger partial charge in [0.25, 0.3) is 5.91 Å². The number of benzene rings is 3. The van der Waals surface area contributed by atoms with Crippen LogP contribution in [0.3, 0.4) is 0 Å². The smallest absolute Gasteiger partial charge is 0.256 e. The second-order valence-electron chi connectivity index (χ2n) is 7.64. The van der Waals surface area contributed by atoms with Gasteiger partial charge in [0.05, 0.1) is 13.0 Å². The number of nitrogens with zero attached hydrogens (tertiary/aromatic N) is 2. The fourth-order valence-corrected chi connectivity index (χ4v) is 4.82. The van der Waals surface area contributed by atoms with Gasteiger partial charge in [-0.25, -0.2) is 0 Å². The van der Waals surface area contributed by atoms with Crippen molar-refractivity contribution in [3.8, 4) is 5.75 Å². The molecule has 2 aliphatic heterocycles. The Hall–Kier alpha value is -3.31. The SMILES string of the molecule is O=C(CCOc1ccccc1)N1CCN2C(=O)c3ccccc3C12c1ccc(Cl)cc1. The minimum absolute atomic E-state index is 0.0543. The highest BCUT2D eigenvalue weighted by Gasteiger charge is 2.59. The number of rotatable bonds is 5. The highest BCUT2D eigenvalue weighted by atomic mass is 35.5. The first-order valence-corrected chi connectivity index (χ1v) is 10.7. The fourth-order valence-electron chi connectivity index (χ4n) is 4.69. The molecular formula is C25H21ClN2O3. The van der Waals surface area contributed by atoms with E-state index in [0.717, 1.165) is 16.9 Å². The first-order valence-electron chi connectivity index (χ1n) is 10.3. The number of carbonyl (C=O) groups is 2. The number of para-hydroxylation sites is 1. The molecule has 3 aromatic rings. The van der Waals surface area contributed by atoms with E-state index in [1.807, 2.05) is 71.6 Å². The molecule has 1 unspecified atom stereocenters. The molecule has 0 aliphatic carbocycles. The van der Waals surface area contributed by atoms with Gasteiger partial charge >= 0.3 is 0 Å². The van der Waals surface area contributed by atoms with Crippen LogP contribution in [0.5, 0.6) is 5.75 Å². The van der Waals surface area contributed by atoms with Crippen molar-refractivity contribution in [1.29, 1.82) is 0 Å². The average Bonchev–Trinajstić information content (AvgIpc) is 3.31. The third-order valence-electron chi connectivity index (χ3n) is 5.98. The highest BCUT2D eigenvalue weighted by Crippen LogP contribution is 2.49. The minimum atomic E-state index is -0.956. The summed E-state index contributed by atoms with van der Waals surface area (Å²) >= 11 is 6.14. The van der Waals surface area contributed by atoms with Crippen LogP contribution in [-0.4, -0.2) is 41.3 Å². The zero-order valence-corrected chi connectivity index (χ0v) is 17.6. The Bertz CT molecular complexity index is 1130. The van der Waals surface area contributed by atoms with Crippen molar-refractivity contribution >= 4 is 23.4 Å². The van der Waals surface area contributed by atoms with Crippen LogP contribution in [0.25, 0.3) is 0 Å². The molecule has 0 radical (unpaired) electrons. The van der Waals surface area contributed by atoms with Gasteiger partial charge < -0.3 is 14.5 Å². The average molecular weight is 433 g/mol. The van der Waals surface area contributed by atoms with E-state index in [0.29, 0.717) is 23.7 Å². The number of amides is 2. The first kappa shape index (κ1) is 19.6. The third-order valence-corrected chi connectivity index (χ3v) is 6.23. The molecule has 0 N–H and O–H groups in total. The predicted octanol–water partition coefficient (Wildman–Crippen LogP) is 4.31. The van der Waals surface area contributed by atoms with Gasteiger partial charge in [0.15, 0.2) is 5.66 Å². The zero-order chi connectivity index (χ0) is 21.4. The van der Waals surface area contributed by atoms with Crippen molar-refractivity contribution in [1.82, 2.24) is 9.80 Å². The van der Waals surface area contributed by atoms with Gasteiger partial charge in [0.1, 0.15) is 5.75 Å². The van der Waals surface area contributed by atoms with E-state index in [1.54, 1.807) is 17.0 Å². The topological polar surface area (TPSA) is 49.9 Å². The molecular weight excluding hydrogens is 412 g/mol. The van der Waals surface area contributed by atoms with Gasteiger partial charge in [-0.05, 0) is 30.3 Å². The largest absolute Gasteiger partial charge is 0.493 e. The minimum Gasteiger partial charge on any atom is -0.493 e. The number of halogens is 1. The molecule has 2 aliphatic rings. The van der Waals surface area contributed by atoms with Crippen LogP contribution in [0.1, 0.15) is 27.9 Å². The quantitative estimate of drug-likeness (QED) is 0.603. The Morgan fingerprint density at radius 2 is 1.65 bits per heavy atom. The summed E-state index contributed by atoms with van der Waals surface area (Å²) in [4.78, 5) is 30.3. The van der Waals surface area contributed by atoms with Crippen LogP contribution in [0.2, 0.25) is 5.02 Å². The molecule has 0 saturated carbocycles. The molecule has 156 valence electrons. The molecule has 2 amide bonds. The van der Waals surface area contributed by atoms with E-state index in [9.17, 15) is 9.59 Å². The van der Waals surface area contributed by atoms with Crippen LogP contribution in [0, 0.1) is 0 Å². The van der Waals surface area contributed by atoms with Gasteiger partial charge in [-0.2, -0.15) is 0 Å². The lowest BCUT2D eigenvalue weighted by atomic mass is 9.89. The van der Waals surface area contributed by atoms with Crippen LogP contribution in [-0.2, 0) is 10.5 Å². The molecule has 0 bridgehead atoms. The van der Waals surface area contributed by atoms with E-state index in [2.05, 4.69) is 0 Å². The summed E-state index contributed by atoms with van der Waals surface area (Å²) in [6.07, 6.45) is 0.217. The van der Waals surface area contributed by atoms with Crippen molar-refractivity contribution in [3.05, 3.63) is 101 Å². The Labute approximate surface area is 185 Å². The summed E-state index contributed by atoms with van der Waals surface area (Å²) in [5, 5.41) is 0.608. The van der Waals surface area contributed by atoms with Gasteiger partial charge in [-0.15, -0.1) is 0 Å². The Balaban J connectivity index is 1.51. The molecule has 1 atom stereocenters. The lowest BCUT2D eigenvalue weighted by molar-refractivity contribution is -0.137. The summed E-state index contributed by atoms with van der Waals surface area (Å²) in [5.41, 5.74) is 1.36. The van der Waals surface area contributed by atoms with Gasteiger partial charge in [-0.3, -0.25) is 9.59 Å². The standard InChI is InChI=1S/C25H21ClN2O3/c26-19-12-10-18(11-13-19)25-22-9-5-4-8-21(22)24(30)28(25)16-15-27(25)23(29)14-17-31-20-6-2-1-3-7-20/h1-13H,14-17H2. The number of fused-ring (bicyclic) bond motifs is 3. The Morgan fingerprint density at radius 1 is 0.935 bits per heavy atom. The Morgan fingerprint density at radius 3 is 2.42 bits per heavy atom. The fraction of sp³-hybridized carbons (Fsp3) is 0.200. The molecule has 2 heterocycles. The van der Waals surface area contributed by atoms with Gasteiger partial charge in [0, 0.05) is 34.8 Å². The second-order valence-corrected chi connectivity index (χ2v) is 8.07. The number of ether oxygens (including phenoxy) is 1. The number of hydrogen-bond donors (Lipinski definition) is 0. The lowest BCUT2D eigenvalue weighted by Crippen LogP contribution is -2.51. The van der Waals surface area contributed by atoms with E-state index < -0.39 is 5.66 Å². The summed E-state index contributed by atoms with van der Waals surface area (Å²) < 4.78 is 5.75. The van der Waals surface area contributed by atoms with E-state index in [4.69, 9.17) is 16.3 Å². The van der Waals surface area contributed by atoms with Crippen molar-refractivity contribution < 1.29 is 14.3 Å². The van der Waals surface area contributed by atoms with Crippen LogP contribution in [0.4, 0.5) is 0 Å². The van der Waals surface area contributed by atoms with Crippen molar-refractivity contribution in [2.45, 2.75) is 12.1 Å². The van der Waals surface area contributed by atoms with Crippen LogP contribution in [0.15, 0.2) is 78.9 Å². The summed E-state index contributed by atoms with van der Waals surface area (Å²) in [5.74, 6) is 0.617. The first-order chi connectivity index (χ1) is 15.1. The number of carbonyl (C=O) groups excluding carboxylic acids is 2. The van der Waals surface area contributed by atoms with E-state index in [-0.39, 0.29) is 24.8 Å². The molecule has 31 heavy (non-hydrogen) atoms. The zero-order valence-electron chi connectivity index (χ0n) is 16.8. The van der Waals surface area contributed by atoms with Crippen LogP contribution >= 0.6 is 11.6 Å². The molecule has 5 rings (SSSR count). The maximum Gasteiger partial charge on any atom is 0.256 e. The predicted molar refractivity (Wildman–Crippen MR) is 118 cm³/mol. The normalized spacial score (nSPS) is 19.3. The van der Waals surface area contributed by atoms with E-state index >= 15 is 0 Å². The number of hydrogen-bond acceptors (Lipinski definition) is 3. The molecule has 6 heteroatoms. The molecule has 0 aromatic heterocycles. The van der Waals surface area contributed by atoms with Crippen molar-refractivity contribution in [3.63, 3.8) is 0 Å². The second kappa shape index (κ2) is 7.75. The highest BCUT2D eigenvalue weighted by molar-refractivity contribution is 6.30. The molecule has 1 fully saturated rings. The monoisotopic (exact) mass is 432 g/mol. The molecule has 5 nitrogen and oxygen atoms in total. The lowest BCUT2D eigenvalue weighted by Gasteiger charge is -2.40. The van der Waals surface area contributed by atoms with E-state index in [1.165, 1.54) is 0 Å². The summed E-state index contributed by atoms with van der Waals surface area (Å²) in [6.45, 7) is 1.21. The third kappa shape index (κ3) is 3.08. The summed E-state index contributed by atoms with van der Waals surface area (Å²) in [7, 11) is 0. The molecule has 1 saturated heterocycles. The molecule has 3 aromatic carbocycles. The maximum absolute atomic E-state index is 13.4. The van der Waals surface area contributed by atoms with Crippen LogP contribution < -0.4 is 4.74 Å². The Kier molecular flexibility index (Phi) is 4.91. The van der Waals surface area contributed by atoms with Crippen molar-refractivity contribution in [2.24, 2.45) is 0 Å².